The van der Waals surface area contributed by atoms with Crippen molar-refractivity contribution in [3.8, 4) is 16.3 Å². The summed E-state index contributed by atoms with van der Waals surface area (Å²) in [5, 5.41) is 15.1. The highest BCUT2D eigenvalue weighted by atomic mass is 32.1. The molecule has 0 radical (unpaired) electrons. The molecule has 8 heteroatoms. The van der Waals surface area contributed by atoms with Gasteiger partial charge in [-0.3, -0.25) is 14.9 Å². The van der Waals surface area contributed by atoms with Gasteiger partial charge in [0.2, 0.25) is 11.0 Å². The Morgan fingerprint density at radius 1 is 1.03 bits per heavy atom. The fourth-order valence-corrected chi connectivity index (χ4v) is 3.99. The Kier molecular flexibility index (Phi) is 9.16. The van der Waals surface area contributed by atoms with E-state index in [1.54, 1.807) is 24.3 Å². The van der Waals surface area contributed by atoms with Crippen molar-refractivity contribution in [1.29, 1.82) is 0 Å². The Morgan fingerprint density at radius 3 is 2.38 bits per heavy atom. The second kappa shape index (κ2) is 12.3. The zero-order valence-corrected chi connectivity index (χ0v) is 20.9. The fourth-order valence-electron chi connectivity index (χ4n) is 3.23. The maximum Gasteiger partial charge on any atom is 0.251 e. The molecule has 2 atom stereocenters. The summed E-state index contributed by atoms with van der Waals surface area (Å²) >= 11 is 1.30. The van der Waals surface area contributed by atoms with Crippen LogP contribution in [0.5, 0.6) is 5.75 Å². The lowest BCUT2D eigenvalue weighted by atomic mass is 9.98. The molecule has 2 amide bonds. The summed E-state index contributed by atoms with van der Waals surface area (Å²) in [5.74, 6) is 0.0407. The van der Waals surface area contributed by atoms with Crippen molar-refractivity contribution >= 4 is 28.3 Å². The van der Waals surface area contributed by atoms with Gasteiger partial charge >= 0.3 is 0 Å². The molecule has 0 aliphatic heterocycles. The molecule has 0 saturated heterocycles. The first-order valence-electron chi connectivity index (χ1n) is 11.7. The molecular weight excluding hydrogens is 448 g/mol. The number of aromatic nitrogens is 2. The molecule has 2 aromatic carbocycles. The van der Waals surface area contributed by atoms with Crippen LogP contribution in [-0.4, -0.2) is 34.7 Å². The van der Waals surface area contributed by atoms with Gasteiger partial charge in [0, 0.05) is 11.1 Å². The minimum atomic E-state index is -0.704. The van der Waals surface area contributed by atoms with Crippen LogP contribution in [0, 0.1) is 12.8 Å². The van der Waals surface area contributed by atoms with E-state index >= 15 is 0 Å². The van der Waals surface area contributed by atoms with Crippen molar-refractivity contribution in [3.63, 3.8) is 0 Å². The van der Waals surface area contributed by atoms with Gasteiger partial charge in [-0.05, 0) is 43.5 Å². The largest absolute Gasteiger partial charge is 0.494 e. The van der Waals surface area contributed by atoms with Crippen LogP contribution in [0.15, 0.2) is 48.5 Å². The van der Waals surface area contributed by atoms with E-state index in [4.69, 9.17) is 4.74 Å². The van der Waals surface area contributed by atoms with Crippen LogP contribution in [0.2, 0.25) is 0 Å². The number of aryl methyl sites for hydroxylation is 1. The molecule has 34 heavy (non-hydrogen) atoms. The highest BCUT2D eigenvalue weighted by Gasteiger charge is 2.27. The smallest absolute Gasteiger partial charge is 0.251 e. The Hall–Kier alpha value is -3.26. The number of anilines is 1. The summed E-state index contributed by atoms with van der Waals surface area (Å²) in [4.78, 5) is 25.9. The summed E-state index contributed by atoms with van der Waals surface area (Å²) in [6, 6.07) is 14.2. The molecule has 0 fully saturated rings. The zero-order chi connectivity index (χ0) is 24.5. The molecule has 1 heterocycles. The highest BCUT2D eigenvalue weighted by Crippen LogP contribution is 2.27. The number of rotatable bonds is 11. The van der Waals surface area contributed by atoms with Crippen LogP contribution < -0.4 is 15.4 Å². The summed E-state index contributed by atoms with van der Waals surface area (Å²) in [7, 11) is 0. The monoisotopic (exact) mass is 480 g/mol. The molecular formula is C26H32N4O3S. The maximum atomic E-state index is 13.1. The minimum absolute atomic E-state index is 0.0647. The van der Waals surface area contributed by atoms with Crippen LogP contribution in [-0.2, 0) is 4.79 Å². The number of nitrogens with zero attached hydrogens (tertiary/aromatic N) is 2. The lowest BCUT2D eigenvalue weighted by Crippen LogP contribution is -2.47. The van der Waals surface area contributed by atoms with E-state index < -0.39 is 6.04 Å². The quantitative estimate of drug-likeness (QED) is 0.355. The number of unbranched alkanes of at least 4 members (excludes halogenated alkanes) is 1. The van der Waals surface area contributed by atoms with Gasteiger partial charge in [0.25, 0.3) is 5.91 Å². The third-order valence-electron chi connectivity index (χ3n) is 5.62. The summed E-state index contributed by atoms with van der Waals surface area (Å²) in [6.45, 7) is 8.70. The summed E-state index contributed by atoms with van der Waals surface area (Å²) < 4.78 is 5.65. The van der Waals surface area contributed by atoms with Crippen LogP contribution >= 0.6 is 11.3 Å². The molecule has 0 saturated carbocycles. The number of hydrogen-bond acceptors (Lipinski definition) is 6. The van der Waals surface area contributed by atoms with Gasteiger partial charge in [0.1, 0.15) is 16.8 Å². The van der Waals surface area contributed by atoms with E-state index in [9.17, 15) is 9.59 Å². The van der Waals surface area contributed by atoms with Crippen LogP contribution in [0.4, 0.5) is 5.13 Å². The molecule has 0 aliphatic carbocycles. The SMILES string of the molecule is CCCCOc1ccc(C(=O)NC(C(=O)Nc2nnc(-c3ccc(C)cc3)s2)C(C)CC)cc1. The molecule has 0 aliphatic rings. The van der Waals surface area contributed by atoms with E-state index in [-0.39, 0.29) is 17.7 Å². The van der Waals surface area contributed by atoms with E-state index in [1.807, 2.05) is 45.0 Å². The Morgan fingerprint density at radius 2 is 1.74 bits per heavy atom. The van der Waals surface area contributed by atoms with Gasteiger partial charge < -0.3 is 10.1 Å². The zero-order valence-electron chi connectivity index (χ0n) is 20.1. The van der Waals surface area contributed by atoms with E-state index in [0.29, 0.717) is 17.3 Å². The van der Waals surface area contributed by atoms with Gasteiger partial charge in [-0.15, -0.1) is 10.2 Å². The molecule has 3 rings (SSSR count). The lowest BCUT2D eigenvalue weighted by molar-refractivity contribution is -0.119. The fraction of sp³-hybridized carbons (Fsp3) is 0.385. The third kappa shape index (κ3) is 6.87. The minimum Gasteiger partial charge on any atom is -0.494 e. The standard InChI is InChI=1S/C26H32N4O3S/c1-5-7-16-33-21-14-12-19(13-15-21)23(31)27-22(18(4)6-2)24(32)28-26-30-29-25(34-26)20-10-8-17(3)9-11-20/h8-15,18,22H,5-7,16H2,1-4H3,(H,27,31)(H,28,30,32). The summed E-state index contributed by atoms with van der Waals surface area (Å²) in [6.07, 6.45) is 2.77. The molecule has 2 N–H and O–H groups in total. The van der Waals surface area contributed by atoms with Crippen LogP contribution in [0.3, 0.4) is 0 Å². The number of benzene rings is 2. The first kappa shape index (κ1) is 25.4. The predicted octanol–water partition coefficient (Wildman–Crippen LogP) is 5.48. The topological polar surface area (TPSA) is 93.2 Å². The third-order valence-corrected chi connectivity index (χ3v) is 6.51. The number of carbonyl (C=O) groups is 2. The average Bonchev–Trinajstić information content (AvgIpc) is 3.31. The van der Waals surface area contributed by atoms with Gasteiger partial charge in [-0.2, -0.15) is 0 Å². The highest BCUT2D eigenvalue weighted by molar-refractivity contribution is 7.18. The number of hydrogen-bond donors (Lipinski definition) is 2. The number of nitrogens with one attached hydrogen (secondary N) is 2. The predicted molar refractivity (Wildman–Crippen MR) is 136 cm³/mol. The van der Waals surface area contributed by atoms with Crippen molar-refractivity contribution in [3.05, 3.63) is 59.7 Å². The van der Waals surface area contributed by atoms with Crippen molar-refractivity contribution in [2.24, 2.45) is 5.92 Å². The first-order valence-corrected chi connectivity index (χ1v) is 12.5. The van der Waals surface area contributed by atoms with Gasteiger partial charge in [-0.1, -0.05) is 74.8 Å². The van der Waals surface area contributed by atoms with Crippen LogP contribution in [0.25, 0.3) is 10.6 Å². The van der Waals surface area contributed by atoms with Crippen molar-refractivity contribution in [2.75, 3.05) is 11.9 Å². The Labute approximate surface area is 205 Å². The first-order chi connectivity index (χ1) is 16.4. The molecule has 7 nitrogen and oxygen atoms in total. The second-order valence-corrected chi connectivity index (χ2v) is 9.31. The second-order valence-electron chi connectivity index (χ2n) is 8.33. The molecule has 2 unspecified atom stereocenters. The molecule has 180 valence electrons. The molecule has 1 aromatic heterocycles. The number of amides is 2. The summed E-state index contributed by atoms with van der Waals surface area (Å²) in [5.41, 5.74) is 2.58. The van der Waals surface area contributed by atoms with E-state index in [0.717, 1.165) is 41.1 Å². The van der Waals surface area contributed by atoms with Crippen molar-refractivity contribution in [1.82, 2.24) is 15.5 Å². The molecule has 0 spiro atoms. The van der Waals surface area contributed by atoms with Crippen molar-refractivity contribution < 1.29 is 14.3 Å². The van der Waals surface area contributed by atoms with Gasteiger partial charge in [0.15, 0.2) is 0 Å². The van der Waals surface area contributed by atoms with E-state index in [1.165, 1.54) is 11.3 Å². The van der Waals surface area contributed by atoms with Gasteiger partial charge in [-0.25, -0.2) is 0 Å². The lowest BCUT2D eigenvalue weighted by Gasteiger charge is -2.23. The average molecular weight is 481 g/mol. The Balaban J connectivity index is 1.65. The Bertz CT molecular complexity index is 1080. The van der Waals surface area contributed by atoms with Crippen LogP contribution in [0.1, 0.15) is 56.0 Å². The maximum absolute atomic E-state index is 13.1. The molecule has 3 aromatic rings. The van der Waals surface area contributed by atoms with Crippen molar-refractivity contribution in [2.45, 2.75) is 53.0 Å². The number of ether oxygens (including phenoxy) is 1. The normalized spacial score (nSPS) is 12.6. The van der Waals surface area contributed by atoms with E-state index in [2.05, 4.69) is 27.8 Å². The molecule has 0 bridgehead atoms. The van der Waals surface area contributed by atoms with Gasteiger partial charge in [0.05, 0.1) is 6.61 Å². The number of carbonyl (C=O) groups excluding carboxylic acids is 2.